The molecule has 0 unspecified atom stereocenters. The van der Waals surface area contributed by atoms with Gasteiger partial charge in [0.2, 0.25) is 0 Å². The second-order valence-corrected chi connectivity index (χ2v) is 3.92. The third-order valence-corrected chi connectivity index (χ3v) is 2.74. The van der Waals surface area contributed by atoms with Gasteiger partial charge < -0.3 is 10.5 Å². The molecule has 2 aromatic rings. The number of rotatable bonds is 2. The molecule has 0 radical (unpaired) electrons. The van der Waals surface area contributed by atoms with Gasteiger partial charge in [0.15, 0.2) is 0 Å². The molecule has 2 aromatic carbocycles. The largest absolute Gasteiger partial charge is 0.497 e. The molecular formula is C14H14FNO. The van der Waals surface area contributed by atoms with Crippen molar-refractivity contribution in [3.8, 4) is 16.9 Å². The van der Waals surface area contributed by atoms with Gasteiger partial charge in [-0.3, -0.25) is 0 Å². The highest BCUT2D eigenvalue weighted by atomic mass is 19.1. The Balaban J connectivity index is 2.56. The number of anilines is 1. The van der Waals surface area contributed by atoms with Crippen LogP contribution < -0.4 is 10.5 Å². The molecule has 88 valence electrons. The average Bonchev–Trinajstić information content (AvgIpc) is 2.34. The zero-order valence-electron chi connectivity index (χ0n) is 9.83. The molecule has 0 amide bonds. The molecule has 2 N–H and O–H groups in total. The molecule has 0 heterocycles. The van der Waals surface area contributed by atoms with Crippen molar-refractivity contribution in [3.63, 3.8) is 0 Å². The van der Waals surface area contributed by atoms with Crippen LogP contribution in [0.15, 0.2) is 36.4 Å². The van der Waals surface area contributed by atoms with Crippen LogP contribution >= 0.6 is 0 Å². The number of benzene rings is 2. The quantitative estimate of drug-likeness (QED) is 0.804. The van der Waals surface area contributed by atoms with Crippen LogP contribution in [0.4, 0.5) is 10.1 Å². The zero-order valence-corrected chi connectivity index (χ0v) is 9.83. The van der Waals surface area contributed by atoms with E-state index in [9.17, 15) is 4.39 Å². The molecule has 2 rings (SSSR count). The van der Waals surface area contributed by atoms with Gasteiger partial charge in [-0.25, -0.2) is 4.39 Å². The molecule has 0 aromatic heterocycles. The van der Waals surface area contributed by atoms with Crippen LogP contribution in [0.1, 0.15) is 5.56 Å². The lowest BCUT2D eigenvalue weighted by atomic mass is 10.0. The molecule has 0 spiro atoms. The SMILES string of the molecule is COc1cccc(-c2cc(C)c(N)cc2F)c1. The van der Waals surface area contributed by atoms with Crippen molar-refractivity contribution in [2.75, 3.05) is 12.8 Å². The van der Waals surface area contributed by atoms with Crippen LogP contribution in [-0.2, 0) is 0 Å². The molecule has 2 nitrogen and oxygen atoms in total. The monoisotopic (exact) mass is 231 g/mol. The first kappa shape index (κ1) is 11.5. The molecule has 0 fully saturated rings. The summed E-state index contributed by atoms with van der Waals surface area (Å²) >= 11 is 0. The van der Waals surface area contributed by atoms with Crippen molar-refractivity contribution in [1.29, 1.82) is 0 Å². The highest BCUT2D eigenvalue weighted by Crippen LogP contribution is 2.29. The third kappa shape index (κ3) is 2.23. The molecule has 0 saturated carbocycles. The second-order valence-electron chi connectivity index (χ2n) is 3.92. The summed E-state index contributed by atoms with van der Waals surface area (Å²) in [5.74, 6) is 0.387. The zero-order chi connectivity index (χ0) is 12.4. The minimum absolute atomic E-state index is 0.318. The van der Waals surface area contributed by atoms with E-state index >= 15 is 0 Å². The van der Waals surface area contributed by atoms with Crippen molar-refractivity contribution >= 4 is 5.69 Å². The van der Waals surface area contributed by atoms with E-state index in [4.69, 9.17) is 10.5 Å². The van der Waals surface area contributed by atoms with Crippen LogP contribution in [0, 0.1) is 12.7 Å². The van der Waals surface area contributed by atoms with E-state index in [0.717, 1.165) is 11.1 Å². The first-order valence-electron chi connectivity index (χ1n) is 5.32. The highest BCUT2D eigenvalue weighted by Gasteiger charge is 2.08. The first-order valence-corrected chi connectivity index (χ1v) is 5.32. The van der Waals surface area contributed by atoms with Crippen LogP contribution in [0.2, 0.25) is 0 Å². The summed E-state index contributed by atoms with van der Waals surface area (Å²) in [6, 6.07) is 10.4. The van der Waals surface area contributed by atoms with Crippen LogP contribution in [0.5, 0.6) is 5.75 Å². The van der Waals surface area contributed by atoms with Gasteiger partial charge in [0.05, 0.1) is 7.11 Å². The van der Waals surface area contributed by atoms with Crippen LogP contribution in [0.3, 0.4) is 0 Å². The highest BCUT2D eigenvalue weighted by molar-refractivity contribution is 5.69. The number of halogens is 1. The van der Waals surface area contributed by atoms with Crippen molar-refractivity contribution in [2.45, 2.75) is 6.92 Å². The Morgan fingerprint density at radius 3 is 2.65 bits per heavy atom. The van der Waals surface area contributed by atoms with Gasteiger partial charge in [-0.15, -0.1) is 0 Å². The van der Waals surface area contributed by atoms with Gasteiger partial charge in [0.25, 0.3) is 0 Å². The van der Waals surface area contributed by atoms with Gasteiger partial charge in [-0.2, -0.15) is 0 Å². The normalized spacial score (nSPS) is 10.3. The molecule has 0 aliphatic heterocycles. The van der Waals surface area contributed by atoms with Gasteiger partial charge in [0.1, 0.15) is 11.6 Å². The standard InChI is InChI=1S/C14H14FNO/c1-9-6-12(13(15)8-14(9)16)10-4-3-5-11(7-10)17-2/h3-8H,16H2,1-2H3. The fraction of sp³-hybridized carbons (Fsp3) is 0.143. The van der Waals surface area contributed by atoms with E-state index in [0.29, 0.717) is 17.0 Å². The Kier molecular flexibility index (Phi) is 3.00. The smallest absolute Gasteiger partial charge is 0.133 e. The van der Waals surface area contributed by atoms with E-state index in [1.165, 1.54) is 6.07 Å². The van der Waals surface area contributed by atoms with Crippen molar-refractivity contribution < 1.29 is 9.13 Å². The molecule has 0 saturated heterocycles. The predicted octanol–water partition coefficient (Wildman–Crippen LogP) is 3.39. The lowest BCUT2D eigenvalue weighted by Gasteiger charge is -2.08. The number of hydrogen-bond donors (Lipinski definition) is 1. The minimum Gasteiger partial charge on any atom is -0.497 e. The fourth-order valence-corrected chi connectivity index (χ4v) is 1.71. The Morgan fingerprint density at radius 2 is 1.94 bits per heavy atom. The molecular weight excluding hydrogens is 217 g/mol. The molecule has 3 heteroatoms. The lowest BCUT2D eigenvalue weighted by molar-refractivity contribution is 0.415. The maximum absolute atomic E-state index is 13.8. The van der Waals surface area contributed by atoms with Gasteiger partial charge in [0, 0.05) is 11.3 Å². The van der Waals surface area contributed by atoms with E-state index < -0.39 is 0 Å². The maximum Gasteiger partial charge on any atom is 0.133 e. The number of nitrogens with two attached hydrogens (primary N) is 1. The molecule has 0 bridgehead atoms. The number of nitrogen functional groups attached to an aromatic ring is 1. The number of aryl methyl sites for hydroxylation is 1. The summed E-state index contributed by atoms with van der Waals surface area (Å²) in [6.45, 7) is 1.86. The number of methoxy groups -OCH3 is 1. The minimum atomic E-state index is -0.318. The van der Waals surface area contributed by atoms with E-state index in [-0.39, 0.29) is 5.82 Å². The van der Waals surface area contributed by atoms with Crippen LogP contribution in [-0.4, -0.2) is 7.11 Å². The van der Waals surface area contributed by atoms with E-state index in [1.54, 1.807) is 19.2 Å². The topological polar surface area (TPSA) is 35.2 Å². The fourth-order valence-electron chi connectivity index (χ4n) is 1.71. The Morgan fingerprint density at radius 1 is 1.18 bits per heavy atom. The Labute approximate surface area is 99.8 Å². The summed E-state index contributed by atoms with van der Waals surface area (Å²) in [6.07, 6.45) is 0. The molecule has 17 heavy (non-hydrogen) atoms. The molecule has 0 atom stereocenters. The van der Waals surface area contributed by atoms with Gasteiger partial charge in [-0.05, 0) is 42.3 Å². The maximum atomic E-state index is 13.8. The second kappa shape index (κ2) is 4.45. The summed E-state index contributed by atoms with van der Waals surface area (Å²) < 4.78 is 19.0. The third-order valence-electron chi connectivity index (χ3n) is 2.74. The van der Waals surface area contributed by atoms with Crippen molar-refractivity contribution in [1.82, 2.24) is 0 Å². The summed E-state index contributed by atoms with van der Waals surface area (Å²) in [7, 11) is 1.59. The van der Waals surface area contributed by atoms with Crippen molar-refractivity contribution in [3.05, 3.63) is 47.8 Å². The Hall–Kier alpha value is -2.03. The average molecular weight is 231 g/mol. The lowest BCUT2D eigenvalue weighted by Crippen LogP contribution is -1.94. The molecule has 0 aliphatic carbocycles. The summed E-state index contributed by atoms with van der Waals surface area (Å²) in [5.41, 5.74) is 8.31. The van der Waals surface area contributed by atoms with Crippen LogP contribution in [0.25, 0.3) is 11.1 Å². The van der Waals surface area contributed by atoms with Gasteiger partial charge in [-0.1, -0.05) is 12.1 Å². The summed E-state index contributed by atoms with van der Waals surface area (Å²) in [4.78, 5) is 0. The number of hydrogen-bond acceptors (Lipinski definition) is 2. The number of ether oxygens (including phenoxy) is 1. The predicted molar refractivity (Wildman–Crippen MR) is 67.5 cm³/mol. The Bertz CT molecular complexity index is 552. The first-order chi connectivity index (χ1) is 8.11. The molecule has 0 aliphatic rings. The van der Waals surface area contributed by atoms with E-state index in [1.807, 2.05) is 25.1 Å². The van der Waals surface area contributed by atoms with E-state index in [2.05, 4.69) is 0 Å². The van der Waals surface area contributed by atoms with Crippen molar-refractivity contribution in [2.24, 2.45) is 0 Å². The van der Waals surface area contributed by atoms with Gasteiger partial charge >= 0.3 is 0 Å². The summed E-state index contributed by atoms with van der Waals surface area (Å²) in [5, 5.41) is 0.